The zero-order valence-corrected chi connectivity index (χ0v) is 9.04. The van der Waals surface area contributed by atoms with Crippen LogP contribution in [0.15, 0.2) is 16.5 Å². The summed E-state index contributed by atoms with van der Waals surface area (Å²) in [6.45, 7) is 1.88. The molecule has 2 rings (SSSR count). The van der Waals surface area contributed by atoms with Crippen LogP contribution in [0.25, 0.3) is 0 Å². The van der Waals surface area contributed by atoms with Gasteiger partial charge in [0.25, 0.3) is 0 Å². The number of carboxylic acids is 1. The smallest absolute Gasteiger partial charge is 0.433 e. The lowest BCUT2D eigenvalue weighted by Crippen LogP contribution is -2.46. The van der Waals surface area contributed by atoms with Crippen LogP contribution in [0.3, 0.4) is 0 Å². The summed E-state index contributed by atoms with van der Waals surface area (Å²) in [6.07, 6.45) is 0.175. The van der Waals surface area contributed by atoms with E-state index in [1.54, 1.807) is 6.07 Å². The van der Waals surface area contributed by atoms with Crippen LogP contribution in [0.2, 0.25) is 0 Å². The first kappa shape index (κ1) is 11.6. The van der Waals surface area contributed by atoms with E-state index in [-0.39, 0.29) is 18.2 Å². The van der Waals surface area contributed by atoms with Gasteiger partial charge in [-0.25, -0.2) is 0 Å². The number of nitrogens with zero attached hydrogens (tertiary/aromatic N) is 2. The van der Waals surface area contributed by atoms with E-state index in [0.29, 0.717) is 25.4 Å². The van der Waals surface area contributed by atoms with E-state index in [9.17, 15) is 14.9 Å². The molecule has 0 aliphatic carbocycles. The van der Waals surface area contributed by atoms with E-state index in [4.69, 9.17) is 9.52 Å². The fourth-order valence-electron chi connectivity index (χ4n) is 1.95. The second-order valence-corrected chi connectivity index (χ2v) is 4.16. The minimum Gasteiger partial charge on any atom is -0.481 e. The molecule has 1 fully saturated rings. The molecule has 1 aromatic rings. The Bertz CT molecular complexity index is 436. The molecule has 2 heterocycles. The van der Waals surface area contributed by atoms with Gasteiger partial charge in [-0.3, -0.25) is 19.8 Å². The molecule has 0 amide bonds. The number of nitro groups is 1. The fraction of sp³-hybridized carbons (Fsp3) is 0.500. The Hall–Kier alpha value is -1.89. The van der Waals surface area contributed by atoms with Gasteiger partial charge in [0, 0.05) is 13.1 Å². The van der Waals surface area contributed by atoms with Crippen LogP contribution in [0, 0.1) is 16.0 Å². The van der Waals surface area contributed by atoms with Gasteiger partial charge in [-0.15, -0.1) is 0 Å². The van der Waals surface area contributed by atoms with Crippen molar-refractivity contribution in [2.24, 2.45) is 5.92 Å². The van der Waals surface area contributed by atoms with Crippen LogP contribution < -0.4 is 0 Å². The van der Waals surface area contributed by atoms with Gasteiger partial charge in [-0.1, -0.05) is 0 Å². The van der Waals surface area contributed by atoms with Crippen molar-refractivity contribution in [3.63, 3.8) is 0 Å². The van der Waals surface area contributed by atoms with Crippen molar-refractivity contribution in [2.45, 2.75) is 13.0 Å². The molecule has 0 unspecified atom stereocenters. The van der Waals surface area contributed by atoms with Crippen LogP contribution >= 0.6 is 0 Å². The number of rotatable bonds is 5. The highest BCUT2D eigenvalue weighted by Gasteiger charge is 2.29. The Kier molecular flexibility index (Phi) is 3.10. The van der Waals surface area contributed by atoms with Crippen LogP contribution in [0.4, 0.5) is 5.88 Å². The van der Waals surface area contributed by atoms with Gasteiger partial charge >= 0.3 is 11.9 Å². The molecule has 1 aliphatic heterocycles. The van der Waals surface area contributed by atoms with Crippen molar-refractivity contribution < 1.29 is 19.2 Å². The summed E-state index contributed by atoms with van der Waals surface area (Å²) in [6, 6.07) is 2.90. The van der Waals surface area contributed by atoms with E-state index in [1.807, 2.05) is 4.90 Å². The van der Waals surface area contributed by atoms with E-state index in [1.165, 1.54) is 6.07 Å². The average molecular weight is 240 g/mol. The molecule has 0 bridgehead atoms. The Morgan fingerprint density at radius 1 is 1.59 bits per heavy atom. The lowest BCUT2D eigenvalue weighted by atomic mass is 9.96. The van der Waals surface area contributed by atoms with E-state index >= 15 is 0 Å². The van der Waals surface area contributed by atoms with Crippen LogP contribution in [-0.4, -0.2) is 34.0 Å². The second-order valence-electron chi connectivity index (χ2n) is 4.16. The van der Waals surface area contributed by atoms with Crippen LogP contribution in [0.1, 0.15) is 12.2 Å². The lowest BCUT2D eigenvalue weighted by Gasteiger charge is -2.37. The molecule has 1 saturated heterocycles. The molecule has 17 heavy (non-hydrogen) atoms. The molecule has 0 saturated carbocycles. The number of carboxylic acid groups (broad SMARTS) is 1. The highest BCUT2D eigenvalue weighted by Crippen LogP contribution is 2.23. The van der Waals surface area contributed by atoms with E-state index < -0.39 is 10.9 Å². The van der Waals surface area contributed by atoms with Gasteiger partial charge in [-0.2, -0.15) is 0 Å². The molecule has 1 aliphatic rings. The second kappa shape index (κ2) is 4.54. The number of hydrogen-bond donors (Lipinski definition) is 1. The SMILES string of the molecule is O=C(O)CC1CN(Cc2ccc([N+](=O)[O-])o2)C1. The lowest BCUT2D eigenvalue weighted by molar-refractivity contribution is -0.402. The topological polar surface area (TPSA) is 96.8 Å². The van der Waals surface area contributed by atoms with Crippen molar-refractivity contribution >= 4 is 11.9 Å². The Morgan fingerprint density at radius 3 is 2.82 bits per heavy atom. The predicted octanol–water partition coefficient (Wildman–Crippen LogP) is 1.09. The number of aliphatic carboxylic acids is 1. The summed E-state index contributed by atoms with van der Waals surface area (Å²) in [7, 11) is 0. The maximum Gasteiger partial charge on any atom is 0.433 e. The Labute approximate surface area is 96.8 Å². The maximum absolute atomic E-state index is 10.4. The minimum absolute atomic E-state index is 0.175. The number of carbonyl (C=O) groups is 1. The third-order valence-corrected chi connectivity index (χ3v) is 2.70. The average Bonchev–Trinajstić information content (AvgIpc) is 2.62. The summed E-state index contributed by atoms with van der Waals surface area (Å²) in [5.74, 6) is -0.339. The predicted molar refractivity (Wildman–Crippen MR) is 56.4 cm³/mol. The molecule has 0 atom stereocenters. The van der Waals surface area contributed by atoms with Crippen LogP contribution in [0.5, 0.6) is 0 Å². The summed E-state index contributed by atoms with van der Waals surface area (Å²) >= 11 is 0. The van der Waals surface area contributed by atoms with Crippen molar-refractivity contribution in [3.05, 3.63) is 28.0 Å². The zero-order chi connectivity index (χ0) is 12.4. The third-order valence-electron chi connectivity index (χ3n) is 2.70. The van der Waals surface area contributed by atoms with Gasteiger partial charge < -0.3 is 9.52 Å². The summed E-state index contributed by atoms with van der Waals surface area (Å²) in [5, 5.41) is 19.0. The minimum atomic E-state index is -0.789. The first-order chi connectivity index (χ1) is 8.04. The summed E-state index contributed by atoms with van der Waals surface area (Å²) in [4.78, 5) is 22.2. The first-order valence-corrected chi connectivity index (χ1v) is 5.22. The Morgan fingerprint density at radius 2 is 2.29 bits per heavy atom. The number of hydrogen-bond acceptors (Lipinski definition) is 5. The molecule has 92 valence electrons. The summed E-state index contributed by atoms with van der Waals surface area (Å²) < 4.78 is 5.01. The first-order valence-electron chi connectivity index (χ1n) is 5.22. The highest BCUT2D eigenvalue weighted by atomic mass is 16.6. The fourth-order valence-corrected chi connectivity index (χ4v) is 1.95. The number of furan rings is 1. The zero-order valence-electron chi connectivity index (χ0n) is 9.04. The van der Waals surface area contributed by atoms with Crippen LogP contribution in [-0.2, 0) is 11.3 Å². The number of likely N-dealkylation sites (tertiary alicyclic amines) is 1. The molecule has 1 N–H and O–H groups in total. The van der Waals surface area contributed by atoms with Crippen molar-refractivity contribution in [2.75, 3.05) is 13.1 Å². The molecule has 0 radical (unpaired) electrons. The van der Waals surface area contributed by atoms with Crippen molar-refractivity contribution in [3.8, 4) is 0 Å². The molecule has 7 heteroatoms. The Balaban J connectivity index is 1.79. The van der Waals surface area contributed by atoms with E-state index in [0.717, 1.165) is 0 Å². The van der Waals surface area contributed by atoms with Gasteiger partial charge in [0.05, 0.1) is 19.0 Å². The molecule has 7 nitrogen and oxygen atoms in total. The normalized spacial score (nSPS) is 16.7. The van der Waals surface area contributed by atoms with Crippen molar-refractivity contribution in [1.82, 2.24) is 4.90 Å². The van der Waals surface area contributed by atoms with Gasteiger partial charge in [0.15, 0.2) is 0 Å². The van der Waals surface area contributed by atoms with Crippen molar-refractivity contribution in [1.29, 1.82) is 0 Å². The van der Waals surface area contributed by atoms with Gasteiger partial charge in [-0.05, 0) is 12.0 Å². The molecule has 0 aromatic carbocycles. The molecular formula is C10H12N2O5. The quantitative estimate of drug-likeness (QED) is 0.611. The standard InChI is InChI=1S/C10H12N2O5/c13-10(14)3-7-4-11(5-7)6-8-1-2-9(17-8)12(15)16/h1-2,7H,3-6H2,(H,13,14). The maximum atomic E-state index is 10.4. The summed E-state index contributed by atoms with van der Waals surface area (Å²) in [5.41, 5.74) is 0. The monoisotopic (exact) mass is 240 g/mol. The molecule has 0 spiro atoms. The molecular weight excluding hydrogens is 228 g/mol. The molecule has 1 aromatic heterocycles. The third kappa shape index (κ3) is 2.82. The van der Waals surface area contributed by atoms with Gasteiger partial charge in [0.1, 0.15) is 10.7 Å². The van der Waals surface area contributed by atoms with Gasteiger partial charge in [0.2, 0.25) is 0 Å². The highest BCUT2D eigenvalue weighted by molar-refractivity contribution is 5.67. The van der Waals surface area contributed by atoms with E-state index in [2.05, 4.69) is 0 Å². The largest absolute Gasteiger partial charge is 0.481 e.